The van der Waals surface area contributed by atoms with E-state index in [9.17, 15) is 4.53 Å². The molecule has 1 heterocycles. The molecule has 0 fully saturated rings. The van der Waals surface area contributed by atoms with Gasteiger partial charge in [0.1, 0.15) is 0 Å². The minimum Gasteiger partial charge on any atom is -0.362 e. The Morgan fingerprint density at radius 3 is 2.44 bits per heavy atom. The van der Waals surface area contributed by atoms with Crippen molar-refractivity contribution in [2.75, 3.05) is 26.8 Å². The third-order valence-corrected chi connectivity index (χ3v) is 1.86. The normalized spacial score (nSPS) is 15.1. The van der Waals surface area contributed by atoms with Crippen LogP contribution >= 0.6 is 7.82 Å². The minimum absolute atomic E-state index is 0.786. The van der Waals surface area contributed by atoms with Gasteiger partial charge in [0.25, 0.3) is 0 Å². The molecule has 1 aliphatic heterocycles. The topological polar surface area (TPSA) is 99.3 Å². The van der Waals surface area contributed by atoms with Gasteiger partial charge in [-0.3, -0.25) is 0 Å². The summed E-state index contributed by atoms with van der Waals surface area (Å²) in [6, 6.07) is 0. The van der Waals surface area contributed by atoms with Crippen molar-refractivity contribution in [1.29, 1.82) is 0 Å². The van der Waals surface area contributed by atoms with E-state index in [1.165, 1.54) is 0 Å². The van der Waals surface area contributed by atoms with Crippen molar-refractivity contribution >= 4 is 7.82 Å². The predicted octanol–water partition coefficient (Wildman–Crippen LogP) is -0.00850. The van der Waals surface area contributed by atoms with Gasteiger partial charge >= 0.3 is 7.82 Å². The van der Waals surface area contributed by atoms with Crippen molar-refractivity contribution < 1.29 is 23.6 Å². The third kappa shape index (κ3) is 8.63. The number of nitrogens with two attached hydrogens (primary N) is 1. The van der Waals surface area contributed by atoms with Gasteiger partial charge in [-0.1, -0.05) is 4.73 Å². The molecule has 0 bridgehead atoms. The molecular weight excluding hydrogens is 240 g/mol. The van der Waals surface area contributed by atoms with Gasteiger partial charge in [0, 0.05) is 26.0 Å². The zero-order valence-electron chi connectivity index (χ0n) is 8.99. The maximum Gasteiger partial charge on any atom is 0.500 e. The molecule has 0 amide bonds. The molecule has 0 atom stereocenters. The molecule has 0 aromatic heterocycles. The van der Waals surface area contributed by atoms with Crippen LogP contribution in [0, 0.1) is 0 Å². The van der Waals surface area contributed by atoms with Crippen molar-refractivity contribution in [3.8, 4) is 0 Å². The predicted molar refractivity (Wildman–Crippen MR) is 56.4 cm³/mol. The molecule has 0 aliphatic carbocycles. The van der Waals surface area contributed by atoms with Crippen molar-refractivity contribution in [3.05, 3.63) is 12.4 Å². The largest absolute Gasteiger partial charge is 0.500 e. The van der Waals surface area contributed by atoms with E-state index in [-0.39, 0.29) is 0 Å². The highest BCUT2D eigenvalue weighted by molar-refractivity contribution is 7.46. The fourth-order valence-corrected chi connectivity index (χ4v) is 1.03. The molecule has 96 valence electrons. The average Bonchev–Trinajstić information content (AvgIpc) is 2.61. The number of nitrogens with zero attached hydrogens (tertiary/aromatic N) is 2. The molecule has 7 nitrogen and oxygen atoms in total. The molecule has 0 unspecified atom stereocenters. The second-order valence-corrected chi connectivity index (χ2v) is 4.33. The summed E-state index contributed by atoms with van der Waals surface area (Å²) in [4.78, 5) is 19.1. The number of phosphoric acid groups is 1. The molecule has 0 aromatic rings. The van der Waals surface area contributed by atoms with Gasteiger partial charge < -0.3 is 25.3 Å². The molecule has 0 radical (unpaired) electrons. The van der Waals surface area contributed by atoms with E-state index in [0.29, 0.717) is 0 Å². The minimum atomic E-state index is -4.81. The summed E-state index contributed by atoms with van der Waals surface area (Å²) in [5.74, 6) is 0. The van der Waals surface area contributed by atoms with E-state index >= 15 is 0 Å². The second-order valence-electron chi connectivity index (χ2n) is 3.21. The van der Waals surface area contributed by atoms with Crippen LogP contribution in [0.25, 0.3) is 0 Å². The molecule has 0 spiro atoms. The van der Waals surface area contributed by atoms with Crippen molar-refractivity contribution in [3.63, 3.8) is 0 Å². The van der Waals surface area contributed by atoms with Gasteiger partial charge in [0.15, 0.2) is 0 Å². The number of hydrogen-bond acceptors (Lipinski definition) is 5. The lowest BCUT2D eigenvalue weighted by Gasteiger charge is -2.16. The molecule has 1 aliphatic rings. The maximum absolute atomic E-state index is 10.2. The summed E-state index contributed by atoms with van der Waals surface area (Å²) in [5, 5.41) is 0. The number of halogens is 1. The highest BCUT2D eigenvalue weighted by atomic mass is 31.2. The van der Waals surface area contributed by atoms with E-state index in [1.54, 1.807) is 0 Å². The zero-order chi connectivity index (χ0) is 12.6. The standard InChI is InChI=1S/C7H15N3.FH2O4P/c1-9-5-6-10(7-9)4-2-3-8;1-5-6(2,3)4/h5-6H,2-4,7-8H2,1H3;(H2,2,3,4). The molecule has 0 saturated carbocycles. The summed E-state index contributed by atoms with van der Waals surface area (Å²) < 4.78 is 21.4. The lowest BCUT2D eigenvalue weighted by atomic mass is 10.4. The van der Waals surface area contributed by atoms with Crippen LogP contribution in [-0.2, 0) is 9.29 Å². The lowest BCUT2D eigenvalue weighted by molar-refractivity contribution is -0.0389. The highest BCUT2D eigenvalue weighted by Gasteiger charge is 2.12. The number of rotatable bonds is 4. The van der Waals surface area contributed by atoms with Crippen LogP contribution in [-0.4, -0.2) is 46.4 Å². The zero-order valence-corrected chi connectivity index (χ0v) is 9.89. The first-order valence-corrected chi connectivity index (χ1v) is 6.10. The Bertz CT molecular complexity index is 260. The first kappa shape index (κ1) is 15.3. The Kier molecular flexibility index (Phi) is 7.27. The molecule has 16 heavy (non-hydrogen) atoms. The molecule has 9 heteroatoms. The summed E-state index contributed by atoms with van der Waals surface area (Å²) in [7, 11) is -2.74. The Labute approximate surface area is 93.4 Å². The van der Waals surface area contributed by atoms with Crippen molar-refractivity contribution in [2.24, 2.45) is 5.73 Å². The average molecular weight is 257 g/mol. The molecular formula is C7H17FN3O4P. The van der Waals surface area contributed by atoms with Crippen LogP contribution in [0.3, 0.4) is 0 Å². The van der Waals surface area contributed by atoms with Crippen LogP contribution < -0.4 is 5.73 Å². The van der Waals surface area contributed by atoms with Gasteiger partial charge in [-0.15, -0.1) is 0 Å². The van der Waals surface area contributed by atoms with Crippen molar-refractivity contribution in [1.82, 2.24) is 9.80 Å². The van der Waals surface area contributed by atoms with Gasteiger partial charge in [0.05, 0.1) is 6.67 Å². The second kappa shape index (κ2) is 7.59. The quantitative estimate of drug-likeness (QED) is 0.609. The fourth-order valence-electron chi connectivity index (χ4n) is 1.03. The van der Waals surface area contributed by atoms with Crippen molar-refractivity contribution in [2.45, 2.75) is 6.42 Å². The monoisotopic (exact) mass is 257 g/mol. The smallest absolute Gasteiger partial charge is 0.362 e. The fraction of sp³-hybridized carbons (Fsp3) is 0.714. The van der Waals surface area contributed by atoms with E-state index in [2.05, 4.69) is 34.0 Å². The van der Waals surface area contributed by atoms with Gasteiger partial charge in [-0.2, -0.15) is 0 Å². The summed E-state index contributed by atoms with van der Waals surface area (Å²) in [5.41, 5.74) is 5.38. The van der Waals surface area contributed by atoms with Gasteiger partial charge in [-0.25, -0.2) is 4.57 Å². The Morgan fingerprint density at radius 1 is 1.56 bits per heavy atom. The van der Waals surface area contributed by atoms with Crippen LogP contribution in [0.1, 0.15) is 6.42 Å². The van der Waals surface area contributed by atoms with E-state index in [4.69, 9.17) is 20.1 Å². The number of hydrogen-bond donors (Lipinski definition) is 3. The Hall–Kier alpha value is -0.660. The molecule has 4 N–H and O–H groups in total. The highest BCUT2D eigenvalue weighted by Crippen LogP contribution is 2.35. The summed E-state index contributed by atoms with van der Waals surface area (Å²) >= 11 is 0. The van der Waals surface area contributed by atoms with Gasteiger partial charge in [0.2, 0.25) is 0 Å². The van der Waals surface area contributed by atoms with Crippen LogP contribution in [0.5, 0.6) is 0 Å². The van der Waals surface area contributed by atoms with E-state index in [1.807, 2.05) is 0 Å². The van der Waals surface area contributed by atoms with E-state index in [0.717, 1.165) is 26.2 Å². The summed E-state index contributed by atoms with van der Waals surface area (Å²) in [6.07, 6.45) is 5.27. The summed E-state index contributed by atoms with van der Waals surface area (Å²) in [6.45, 7) is 2.88. The SMILES string of the molecule is CN1C=CN(CCCN)C1.O=P(O)(O)OF. The van der Waals surface area contributed by atoms with Crippen LogP contribution in [0.2, 0.25) is 0 Å². The van der Waals surface area contributed by atoms with Gasteiger partial charge in [-0.05, 0) is 17.5 Å². The first-order chi connectivity index (χ1) is 7.39. The van der Waals surface area contributed by atoms with E-state index < -0.39 is 7.82 Å². The van der Waals surface area contributed by atoms with Crippen LogP contribution in [0.4, 0.5) is 4.53 Å². The Morgan fingerprint density at radius 2 is 2.12 bits per heavy atom. The first-order valence-electron chi connectivity index (χ1n) is 4.57. The lowest BCUT2D eigenvalue weighted by Crippen LogP contribution is -2.24. The molecule has 0 saturated heterocycles. The molecule has 0 aromatic carbocycles. The molecule has 1 rings (SSSR count). The van der Waals surface area contributed by atoms with Crippen LogP contribution in [0.15, 0.2) is 12.4 Å². The maximum atomic E-state index is 10.2. The third-order valence-electron chi connectivity index (χ3n) is 1.68. The Balaban J connectivity index is 0.000000325.